The number of hydrogen-bond acceptors (Lipinski definition) is 6. The van der Waals surface area contributed by atoms with E-state index in [1.54, 1.807) is 48.7 Å². The molecule has 0 aliphatic carbocycles. The fourth-order valence-electron chi connectivity index (χ4n) is 5.61. The number of aromatic amines is 1. The molecule has 0 radical (unpaired) electrons. The zero-order chi connectivity index (χ0) is 31.5. The summed E-state index contributed by atoms with van der Waals surface area (Å²) in [6, 6.07) is 27.2. The van der Waals surface area contributed by atoms with Crippen molar-refractivity contribution in [3.8, 4) is 11.5 Å². The van der Waals surface area contributed by atoms with Crippen LogP contribution in [0.25, 0.3) is 10.9 Å². The maximum atomic E-state index is 14.4. The number of H-pyrrole nitrogens is 1. The van der Waals surface area contributed by atoms with Gasteiger partial charge < -0.3 is 24.7 Å². The Morgan fingerprint density at radius 1 is 0.889 bits per heavy atom. The molecule has 226 valence electrons. The van der Waals surface area contributed by atoms with Gasteiger partial charge in [0, 0.05) is 35.3 Å². The Labute approximate surface area is 259 Å². The number of ether oxygens (including phenoxy) is 2. The first-order chi connectivity index (χ1) is 21.9. The van der Waals surface area contributed by atoms with Crippen molar-refractivity contribution in [3.05, 3.63) is 120 Å². The highest BCUT2D eigenvalue weighted by atomic mass is 16.5. The molecule has 1 unspecified atom stereocenters. The van der Waals surface area contributed by atoms with Gasteiger partial charge in [-0.1, -0.05) is 60.7 Å². The first-order valence-corrected chi connectivity index (χ1v) is 14.3. The number of hydrogen-bond donors (Lipinski definition) is 2. The van der Waals surface area contributed by atoms with E-state index in [4.69, 9.17) is 9.47 Å². The lowest BCUT2D eigenvalue weighted by molar-refractivity contribution is -0.139. The molecule has 4 aromatic carbocycles. The van der Waals surface area contributed by atoms with Crippen LogP contribution in [0.2, 0.25) is 0 Å². The van der Waals surface area contributed by atoms with Crippen LogP contribution in [0.3, 0.4) is 0 Å². The number of carbonyl (C=O) groups excluding carboxylic acids is 4. The third-order valence-corrected chi connectivity index (χ3v) is 7.83. The second-order valence-electron chi connectivity index (χ2n) is 10.5. The molecule has 2 heterocycles. The lowest BCUT2D eigenvalue weighted by Crippen LogP contribution is -2.46. The second-order valence-corrected chi connectivity index (χ2v) is 10.5. The topological polar surface area (TPSA) is 121 Å². The summed E-state index contributed by atoms with van der Waals surface area (Å²) in [6.07, 6.45) is 1.71. The van der Waals surface area contributed by atoms with Crippen LogP contribution in [0.1, 0.15) is 27.5 Å². The van der Waals surface area contributed by atoms with Gasteiger partial charge in [0.05, 0.1) is 31.2 Å². The van der Waals surface area contributed by atoms with Crippen LogP contribution >= 0.6 is 0 Å². The molecule has 0 spiro atoms. The number of rotatable bonds is 10. The number of aromatic nitrogens is 1. The Balaban J connectivity index is 1.44. The Hall–Kier alpha value is -5.90. The summed E-state index contributed by atoms with van der Waals surface area (Å²) < 4.78 is 10.8. The molecule has 10 nitrogen and oxygen atoms in total. The molecule has 0 saturated carbocycles. The molecule has 1 aromatic heterocycles. The number of fused-ring (bicyclic) bond motifs is 2. The van der Waals surface area contributed by atoms with Gasteiger partial charge in [0.15, 0.2) is 0 Å². The van der Waals surface area contributed by atoms with Crippen molar-refractivity contribution in [2.75, 3.05) is 31.0 Å². The van der Waals surface area contributed by atoms with Crippen LogP contribution in [-0.4, -0.2) is 54.2 Å². The monoisotopic (exact) mass is 602 g/mol. The molecule has 6 rings (SSSR count). The molecule has 1 aliphatic heterocycles. The molecule has 0 saturated heterocycles. The lowest BCUT2D eigenvalue weighted by Gasteiger charge is -2.32. The summed E-state index contributed by atoms with van der Waals surface area (Å²) in [7, 11) is 3.02. The smallest absolute Gasteiger partial charge is 0.299 e. The van der Waals surface area contributed by atoms with Gasteiger partial charge in [-0.2, -0.15) is 0 Å². The predicted molar refractivity (Wildman–Crippen MR) is 169 cm³/mol. The molecule has 45 heavy (non-hydrogen) atoms. The van der Waals surface area contributed by atoms with Gasteiger partial charge in [-0.25, -0.2) is 0 Å². The number of amides is 3. The highest BCUT2D eigenvalue weighted by Crippen LogP contribution is 2.35. The van der Waals surface area contributed by atoms with Crippen molar-refractivity contribution >= 4 is 45.8 Å². The van der Waals surface area contributed by atoms with Crippen molar-refractivity contribution in [2.45, 2.75) is 12.6 Å². The number of carbonyl (C=O) groups is 4. The molecule has 1 aliphatic rings. The van der Waals surface area contributed by atoms with E-state index in [1.807, 2.05) is 54.6 Å². The SMILES string of the molecule is COc1ccc(NC(=O)C(c2c[nH]c3ccccc23)N(Cc2ccccc2)C(=O)CN2C(=O)C(=O)c3ccccc32)c(OC)c1. The maximum absolute atomic E-state index is 14.4. The summed E-state index contributed by atoms with van der Waals surface area (Å²) in [4.78, 5) is 60.4. The van der Waals surface area contributed by atoms with Crippen molar-refractivity contribution in [3.63, 3.8) is 0 Å². The van der Waals surface area contributed by atoms with Crippen LogP contribution < -0.4 is 19.7 Å². The molecular weight excluding hydrogens is 572 g/mol. The minimum Gasteiger partial charge on any atom is -0.497 e. The van der Waals surface area contributed by atoms with Crippen LogP contribution in [0.5, 0.6) is 11.5 Å². The highest BCUT2D eigenvalue weighted by molar-refractivity contribution is 6.52. The van der Waals surface area contributed by atoms with E-state index in [2.05, 4.69) is 10.3 Å². The van der Waals surface area contributed by atoms with Crippen molar-refractivity contribution < 1.29 is 28.7 Å². The predicted octanol–water partition coefficient (Wildman–Crippen LogP) is 5.12. The van der Waals surface area contributed by atoms with Gasteiger partial charge in [-0.15, -0.1) is 0 Å². The standard InChI is InChI=1S/C35H30N4O6/c1-44-23-16-17-28(30(18-23)45-2)37-34(42)32(26-19-36-27-14-8-6-12-24(26)27)39(20-22-10-4-3-5-11-22)31(40)21-38-29-15-9-7-13-25(29)33(41)35(38)43/h3-19,32,36H,20-21H2,1-2H3,(H,37,42). The lowest BCUT2D eigenvalue weighted by atomic mass is 10.0. The van der Waals surface area contributed by atoms with Crippen LogP contribution in [0.4, 0.5) is 11.4 Å². The number of Topliss-reactive ketones (excluding diaryl/α,β-unsaturated/α-hetero) is 1. The molecule has 0 fully saturated rings. The van der Waals surface area contributed by atoms with E-state index >= 15 is 0 Å². The summed E-state index contributed by atoms with van der Waals surface area (Å²) in [5, 5.41) is 3.70. The maximum Gasteiger partial charge on any atom is 0.299 e. The van der Waals surface area contributed by atoms with E-state index in [-0.39, 0.29) is 12.1 Å². The first kappa shape index (κ1) is 29.2. The number of benzene rings is 4. The van der Waals surface area contributed by atoms with Crippen LogP contribution in [-0.2, 0) is 20.9 Å². The van der Waals surface area contributed by atoms with Crippen LogP contribution in [0, 0.1) is 0 Å². The van der Waals surface area contributed by atoms with Gasteiger partial charge in [0.2, 0.25) is 5.91 Å². The Morgan fingerprint density at radius 3 is 2.40 bits per heavy atom. The fourth-order valence-corrected chi connectivity index (χ4v) is 5.61. The number of para-hydroxylation sites is 2. The molecule has 0 bridgehead atoms. The van der Waals surface area contributed by atoms with Crippen molar-refractivity contribution in [2.24, 2.45) is 0 Å². The number of nitrogens with zero attached hydrogens (tertiary/aromatic N) is 2. The zero-order valence-electron chi connectivity index (χ0n) is 24.7. The molecule has 2 N–H and O–H groups in total. The van der Waals surface area contributed by atoms with Gasteiger partial charge in [0.1, 0.15) is 24.1 Å². The molecular formula is C35H30N4O6. The summed E-state index contributed by atoms with van der Waals surface area (Å²) in [6.45, 7) is -0.388. The third-order valence-electron chi connectivity index (χ3n) is 7.83. The van der Waals surface area contributed by atoms with Gasteiger partial charge in [0.25, 0.3) is 17.6 Å². The summed E-state index contributed by atoms with van der Waals surface area (Å²) >= 11 is 0. The number of methoxy groups -OCH3 is 2. The largest absolute Gasteiger partial charge is 0.497 e. The Morgan fingerprint density at radius 2 is 1.62 bits per heavy atom. The number of ketones is 1. The Kier molecular flexibility index (Phi) is 8.03. The highest BCUT2D eigenvalue weighted by Gasteiger charge is 2.40. The zero-order valence-corrected chi connectivity index (χ0v) is 24.7. The molecule has 3 amide bonds. The summed E-state index contributed by atoms with van der Waals surface area (Å²) in [5.41, 5.74) is 3.10. The van der Waals surface area contributed by atoms with E-state index in [0.29, 0.717) is 28.4 Å². The van der Waals surface area contributed by atoms with E-state index in [1.165, 1.54) is 24.0 Å². The fraction of sp³-hybridized carbons (Fsp3) is 0.143. The molecule has 1 atom stereocenters. The minimum absolute atomic E-state index is 0.0502. The average Bonchev–Trinajstić information content (AvgIpc) is 3.60. The normalized spacial score (nSPS) is 13.0. The van der Waals surface area contributed by atoms with Gasteiger partial charge in [-0.3, -0.25) is 24.1 Å². The number of nitrogens with one attached hydrogen (secondary N) is 2. The minimum atomic E-state index is -1.15. The third kappa shape index (κ3) is 5.61. The van der Waals surface area contributed by atoms with E-state index in [0.717, 1.165) is 16.5 Å². The number of anilines is 2. The van der Waals surface area contributed by atoms with Gasteiger partial charge in [-0.05, 0) is 35.9 Å². The van der Waals surface area contributed by atoms with Crippen molar-refractivity contribution in [1.82, 2.24) is 9.88 Å². The Bertz CT molecular complexity index is 1920. The second kappa shape index (κ2) is 12.4. The van der Waals surface area contributed by atoms with E-state index < -0.39 is 36.1 Å². The molecule has 10 heteroatoms. The quantitative estimate of drug-likeness (QED) is 0.214. The van der Waals surface area contributed by atoms with E-state index in [9.17, 15) is 19.2 Å². The van der Waals surface area contributed by atoms with Crippen molar-refractivity contribution in [1.29, 1.82) is 0 Å². The summed E-state index contributed by atoms with van der Waals surface area (Å²) in [5.74, 6) is -1.57. The van der Waals surface area contributed by atoms with Gasteiger partial charge >= 0.3 is 0 Å². The molecule has 5 aromatic rings. The van der Waals surface area contributed by atoms with Crippen LogP contribution in [0.15, 0.2) is 103 Å². The average molecular weight is 603 g/mol. The first-order valence-electron chi connectivity index (χ1n) is 14.3.